The SMILES string of the molecule is C=C1C[C@@H]2[C@](C)(CCC(=O)O)[C@H](C(C)(C)O)CC[C@]2(C)[C@]2(C(=O)OC)C(=O)[C@](C)(O)C(=O)[C@@]12C. The van der Waals surface area contributed by atoms with Crippen LogP contribution in [0.25, 0.3) is 0 Å². The number of Topliss-reactive ketones (excluding diaryl/α,β-unsaturated/α-hetero) is 2. The minimum atomic E-state index is -2.39. The van der Waals surface area contributed by atoms with Crippen LogP contribution in [0.3, 0.4) is 0 Å². The van der Waals surface area contributed by atoms with Crippen molar-refractivity contribution >= 4 is 23.5 Å². The number of fused-ring (bicyclic) bond motifs is 3. The maximum Gasteiger partial charge on any atom is 0.321 e. The Morgan fingerprint density at radius 3 is 2.18 bits per heavy atom. The predicted octanol–water partition coefficient (Wildman–Crippen LogP) is 2.69. The number of carboxylic acid groups (broad SMARTS) is 1. The van der Waals surface area contributed by atoms with Gasteiger partial charge in [0, 0.05) is 6.42 Å². The molecule has 3 N–H and O–H groups in total. The van der Waals surface area contributed by atoms with E-state index in [1.165, 1.54) is 6.92 Å². The molecule has 0 radical (unpaired) electrons. The first-order chi connectivity index (χ1) is 15.3. The molecule has 3 aliphatic rings. The maximum absolute atomic E-state index is 14.0. The Morgan fingerprint density at radius 2 is 1.71 bits per heavy atom. The van der Waals surface area contributed by atoms with Crippen LogP contribution in [0.5, 0.6) is 0 Å². The lowest BCUT2D eigenvalue weighted by Crippen LogP contribution is -2.70. The van der Waals surface area contributed by atoms with E-state index >= 15 is 0 Å². The third kappa shape index (κ3) is 2.84. The number of aliphatic carboxylic acids is 1. The van der Waals surface area contributed by atoms with Crippen LogP contribution in [0.4, 0.5) is 0 Å². The van der Waals surface area contributed by atoms with Crippen LogP contribution in [0.1, 0.15) is 73.6 Å². The number of ketones is 2. The third-order valence-electron chi connectivity index (χ3n) is 9.98. The van der Waals surface area contributed by atoms with Crippen molar-refractivity contribution in [1.29, 1.82) is 0 Å². The summed E-state index contributed by atoms with van der Waals surface area (Å²) in [5, 5.41) is 31.7. The number of carbonyl (C=O) groups excluding carboxylic acids is 3. The average Bonchev–Trinajstić information content (AvgIpc) is 2.84. The molecule has 0 saturated heterocycles. The molecule has 0 amide bonds. The highest BCUT2D eigenvalue weighted by Crippen LogP contribution is 2.76. The molecule has 0 bridgehead atoms. The third-order valence-corrected chi connectivity index (χ3v) is 9.98. The van der Waals surface area contributed by atoms with Gasteiger partial charge >= 0.3 is 11.9 Å². The number of methoxy groups -OCH3 is 1. The zero-order valence-corrected chi connectivity index (χ0v) is 21.3. The van der Waals surface area contributed by atoms with Gasteiger partial charge in [-0.15, -0.1) is 0 Å². The molecule has 0 unspecified atom stereocenters. The van der Waals surface area contributed by atoms with E-state index in [-0.39, 0.29) is 25.2 Å². The van der Waals surface area contributed by atoms with Crippen molar-refractivity contribution in [3.63, 3.8) is 0 Å². The van der Waals surface area contributed by atoms with Gasteiger partial charge in [0.15, 0.2) is 22.6 Å². The quantitative estimate of drug-likeness (QED) is 0.311. The van der Waals surface area contributed by atoms with Gasteiger partial charge in [-0.3, -0.25) is 19.2 Å². The molecule has 8 heteroatoms. The van der Waals surface area contributed by atoms with E-state index in [1.807, 2.05) is 6.92 Å². The largest absolute Gasteiger partial charge is 0.481 e. The Hall–Kier alpha value is -2.06. The Morgan fingerprint density at radius 1 is 1.15 bits per heavy atom. The number of allylic oxidation sites excluding steroid dienone is 1. The molecule has 0 heterocycles. The molecule has 3 rings (SSSR count). The van der Waals surface area contributed by atoms with Crippen molar-refractivity contribution in [3.8, 4) is 0 Å². The molecule has 0 aromatic carbocycles. The summed E-state index contributed by atoms with van der Waals surface area (Å²) in [7, 11) is 1.16. The highest BCUT2D eigenvalue weighted by Gasteiger charge is 2.85. The number of ether oxygens (including phenoxy) is 1. The highest BCUT2D eigenvalue weighted by atomic mass is 16.5. The van der Waals surface area contributed by atoms with E-state index in [2.05, 4.69) is 6.58 Å². The van der Waals surface area contributed by atoms with Crippen LogP contribution in [-0.4, -0.2) is 57.1 Å². The number of esters is 1. The molecule has 0 aromatic rings. The van der Waals surface area contributed by atoms with Gasteiger partial charge in [0.05, 0.1) is 18.1 Å². The molecule has 0 aliphatic heterocycles. The number of rotatable bonds is 5. The van der Waals surface area contributed by atoms with Crippen molar-refractivity contribution in [2.75, 3.05) is 7.11 Å². The van der Waals surface area contributed by atoms with Crippen molar-refractivity contribution in [2.45, 2.75) is 84.8 Å². The van der Waals surface area contributed by atoms with Crippen LogP contribution in [0.15, 0.2) is 12.2 Å². The second-order valence-corrected chi connectivity index (χ2v) is 12.0. The Bertz CT molecular complexity index is 974. The topological polar surface area (TPSA) is 138 Å². The van der Waals surface area contributed by atoms with E-state index < -0.39 is 62.3 Å². The maximum atomic E-state index is 14.0. The van der Waals surface area contributed by atoms with Crippen molar-refractivity contribution in [1.82, 2.24) is 0 Å². The standard InChI is InChI=1S/C26H38O8/c1-14-13-16-22(4,11-10-17(27)28)15(21(2,3)32)9-12-23(16,5)26(20(31)34-8)19(30)25(7,33)18(29)24(14,26)6/h15-16,32-33H,1,9-13H2,2-8H3,(H,27,28)/t15-,16+,22+,23-,24+,25+,26+/m0/s1. The molecule has 7 atom stereocenters. The Kier molecular flexibility index (Phi) is 5.83. The Labute approximate surface area is 200 Å². The highest BCUT2D eigenvalue weighted by molar-refractivity contribution is 6.29. The number of hydrogen-bond acceptors (Lipinski definition) is 7. The first-order valence-electron chi connectivity index (χ1n) is 11.8. The van der Waals surface area contributed by atoms with Gasteiger partial charge in [0.25, 0.3) is 0 Å². The summed E-state index contributed by atoms with van der Waals surface area (Å²) in [5.74, 6) is -4.35. The number of hydrogen-bond donors (Lipinski definition) is 3. The summed E-state index contributed by atoms with van der Waals surface area (Å²) in [4.78, 5) is 52.9. The molecule has 3 aliphatic carbocycles. The van der Waals surface area contributed by atoms with Gasteiger partial charge in [-0.25, -0.2) is 0 Å². The molecular weight excluding hydrogens is 440 g/mol. The summed E-state index contributed by atoms with van der Waals surface area (Å²) < 4.78 is 5.19. The smallest absolute Gasteiger partial charge is 0.321 e. The van der Waals surface area contributed by atoms with Gasteiger partial charge in [-0.1, -0.05) is 26.0 Å². The van der Waals surface area contributed by atoms with E-state index in [0.717, 1.165) is 14.0 Å². The van der Waals surface area contributed by atoms with E-state index in [0.29, 0.717) is 18.4 Å². The number of aliphatic hydroxyl groups is 2. The van der Waals surface area contributed by atoms with Gasteiger partial charge in [-0.05, 0) is 76.0 Å². The number of carbonyl (C=O) groups is 4. The minimum absolute atomic E-state index is 0.158. The van der Waals surface area contributed by atoms with Crippen molar-refractivity contribution < 1.29 is 39.2 Å². The monoisotopic (exact) mass is 478 g/mol. The molecule has 0 aromatic heterocycles. The van der Waals surface area contributed by atoms with E-state index in [4.69, 9.17) is 4.74 Å². The second kappa shape index (κ2) is 7.47. The number of carboxylic acids is 1. The summed E-state index contributed by atoms with van der Waals surface area (Å²) in [6.45, 7) is 13.8. The fraction of sp³-hybridized carbons (Fsp3) is 0.769. The molecule has 3 fully saturated rings. The lowest BCUT2D eigenvalue weighted by Gasteiger charge is -2.67. The van der Waals surface area contributed by atoms with Crippen molar-refractivity contribution in [2.24, 2.45) is 33.5 Å². The normalized spacial score (nSPS) is 44.4. The second-order valence-electron chi connectivity index (χ2n) is 12.0. The summed E-state index contributed by atoms with van der Waals surface area (Å²) >= 11 is 0. The average molecular weight is 479 g/mol. The fourth-order valence-corrected chi connectivity index (χ4v) is 8.45. The molecule has 34 heavy (non-hydrogen) atoms. The van der Waals surface area contributed by atoms with Crippen LogP contribution in [0.2, 0.25) is 0 Å². The molecular formula is C26H38O8. The van der Waals surface area contributed by atoms with E-state index in [1.54, 1.807) is 20.8 Å². The van der Waals surface area contributed by atoms with Gasteiger partial charge in [0.2, 0.25) is 0 Å². The van der Waals surface area contributed by atoms with Gasteiger partial charge in [-0.2, -0.15) is 0 Å². The van der Waals surface area contributed by atoms with Gasteiger partial charge < -0.3 is 20.1 Å². The van der Waals surface area contributed by atoms with Crippen LogP contribution >= 0.6 is 0 Å². The lowest BCUT2D eigenvalue weighted by molar-refractivity contribution is -0.218. The molecule has 190 valence electrons. The zero-order chi connectivity index (χ0) is 26.3. The molecule has 8 nitrogen and oxygen atoms in total. The fourth-order valence-electron chi connectivity index (χ4n) is 8.45. The zero-order valence-electron chi connectivity index (χ0n) is 21.3. The van der Waals surface area contributed by atoms with Crippen molar-refractivity contribution in [3.05, 3.63) is 12.2 Å². The van der Waals surface area contributed by atoms with Crippen LogP contribution in [-0.2, 0) is 23.9 Å². The lowest BCUT2D eigenvalue weighted by atomic mass is 9.34. The minimum Gasteiger partial charge on any atom is -0.481 e. The van der Waals surface area contributed by atoms with Crippen LogP contribution in [0, 0.1) is 33.5 Å². The first kappa shape index (κ1) is 26.5. The summed E-state index contributed by atoms with van der Waals surface area (Å²) in [6, 6.07) is 0. The predicted molar refractivity (Wildman–Crippen MR) is 123 cm³/mol. The van der Waals surface area contributed by atoms with Gasteiger partial charge in [0.1, 0.15) is 0 Å². The van der Waals surface area contributed by atoms with Crippen LogP contribution < -0.4 is 0 Å². The Balaban J connectivity index is 2.38. The summed E-state index contributed by atoms with van der Waals surface area (Å²) in [6.07, 6.45) is 1.01. The molecule has 3 saturated carbocycles. The molecule has 0 spiro atoms. The van der Waals surface area contributed by atoms with E-state index in [9.17, 15) is 34.5 Å². The summed E-state index contributed by atoms with van der Waals surface area (Å²) in [5.41, 5.74) is -8.88. The first-order valence-corrected chi connectivity index (χ1v) is 11.8.